The second-order valence-corrected chi connectivity index (χ2v) is 4.63. The van der Waals surface area contributed by atoms with Gasteiger partial charge in [0.05, 0.1) is 12.7 Å². The molecule has 1 aromatic heterocycles. The van der Waals surface area contributed by atoms with Crippen molar-refractivity contribution in [1.29, 1.82) is 0 Å². The molecule has 0 radical (unpaired) electrons. The fraction of sp³-hybridized carbons (Fsp3) is 0.727. The molecular formula is C11H21N3S. The summed E-state index contributed by atoms with van der Waals surface area (Å²) in [5, 5.41) is 7.80. The fourth-order valence-corrected chi connectivity index (χ4v) is 1.82. The van der Waals surface area contributed by atoms with Gasteiger partial charge in [0, 0.05) is 23.6 Å². The number of rotatable bonds is 7. The summed E-state index contributed by atoms with van der Waals surface area (Å²) in [6.07, 6.45) is 5.29. The summed E-state index contributed by atoms with van der Waals surface area (Å²) in [7, 11) is 0. The molecule has 0 fully saturated rings. The molecule has 0 spiro atoms. The Bertz CT molecular complexity index is 283. The molecule has 1 aromatic rings. The molecule has 15 heavy (non-hydrogen) atoms. The van der Waals surface area contributed by atoms with E-state index in [9.17, 15) is 0 Å². The standard InChI is InChI=1S/C11H21N3S/c1-4-5-12-8-11-9-13-14(10(11)2)6-7-15-3/h9,12H,4-8H2,1-3H3. The monoisotopic (exact) mass is 227 g/mol. The van der Waals surface area contributed by atoms with Crippen LogP contribution in [0, 0.1) is 6.92 Å². The van der Waals surface area contributed by atoms with E-state index in [2.05, 4.69) is 35.2 Å². The topological polar surface area (TPSA) is 29.9 Å². The van der Waals surface area contributed by atoms with Gasteiger partial charge >= 0.3 is 0 Å². The summed E-state index contributed by atoms with van der Waals surface area (Å²) in [4.78, 5) is 0. The lowest BCUT2D eigenvalue weighted by Gasteiger charge is -2.05. The quantitative estimate of drug-likeness (QED) is 0.723. The average molecular weight is 227 g/mol. The van der Waals surface area contributed by atoms with E-state index in [4.69, 9.17) is 0 Å². The van der Waals surface area contributed by atoms with E-state index in [0.717, 1.165) is 25.4 Å². The minimum atomic E-state index is 0.943. The Morgan fingerprint density at radius 3 is 3.00 bits per heavy atom. The normalized spacial score (nSPS) is 10.9. The molecule has 0 aliphatic carbocycles. The van der Waals surface area contributed by atoms with Gasteiger partial charge in [-0.15, -0.1) is 0 Å². The average Bonchev–Trinajstić information content (AvgIpc) is 2.58. The molecule has 1 N–H and O–H groups in total. The van der Waals surface area contributed by atoms with Crippen LogP contribution in [0.1, 0.15) is 24.6 Å². The minimum Gasteiger partial charge on any atom is -0.313 e. The van der Waals surface area contributed by atoms with Gasteiger partial charge in [0.15, 0.2) is 0 Å². The first-order valence-electron chi connectivity index (χ1n) is 5.50. The zero-order chi connectivity index (χ0) is 11.1. The third kappa shape index (κ3) is 3.87. The maximum atomic E-state index is 4.40. The highest BCUT2D eigenvalue weighted by atomic mass is 32.2. The molecule has 0 unspecified atom stereocenters. The number of thioether (sulfide) groups is 1. The van der Waals surface area contributed by atoms with Crippen molar-refractivity contribution < 1.29 is 0 Å². The van der Waals surface area contributed by atoms with Crippen LogP contribution in [0.15, 0.2) is 6.20 Å². The van der Waals surface area contributed by atoms with Gasteiger partial charge in [0.1, 0.15) is 0 Å². The van der Waals surface area contributed by atoms with E-state index in [1.165, 1.54) is 17.7 Å². The summed E-state index contributed by atoms with van der Waals surface area (Å²) in [6.45, 7) is 7.37. The van der Waals surface area contributed by atoms with Gasteiger partial charge in [-0.3, -0.25) is 4.68 Å². The molecular weight excluding hydrogens is 206 g/mol. The number of aromatic nitrogens is 2. The summed E-state index contributed by atoms with van der Waals surface area (Å²) < 4.78 is 2.10. The first-order valence-corrected chi connectivity index (χ1v) is 6.90. The molecule has 0 aliphatic rings. The summed E-state index contributed by atoms with van der Waals surface area (Å²) >= 11 is 1.86. The van der Waals surface area contributed by atoms with Crippen molar-refractivity contribution in [3.8, 4) is 0 Å². The highest BCUT2D eigenvalue weighted by molar-refractivity contribution is 7.98. The Morgan fingerprint density at radius 1 is 1.53 bits per heavy atom. The Kier molecular flexibility index (Phi) is 5.79. The van der Waals surface area contributed by atoms with Crippen LogP contribution < -0.4 is 5.32 Å². The first kappa shape index (κ1) is 12.6. The lowest BCUT2D eigenvalue weighted by Crippen LogP contribution is -2.14. The molecule has 4 heteroatoms. The molecule has 0 saturated carbocycles. The number of nitrogens with zero attached hydrogens (tertiary/aromatic N) is 2. The third-order valence-electron chi connectivity index (χ3n) is 2.45. The maximum absolute atomic E-state index is 4.40. The van der Waals surface area contributed by atoms with Crippen molar-refractivity contribution in [2.45, 2.75) is 33.4 Å². The van der Waals surface area contributed by atoms with E-state index in [1.807, 2.05) is 18.0 Å². The number of aryl methyl sites for hydroxylation is 1. The molecule has 0 atom stereocenters. The van der Waals surface area contributed by atoms with Gasteiger partial charge in [-0.2, -0.15) is 16.9 Å². The lowest BCUT2D eigenvalue weighted by molar-refractivity contribution is 0.638. The molecule has 1 rings (SSSR count). The van der Waals surface area contributed by atoms with E-state index in [1.54, 1.807) is 0 Å². The van der Waals surface area contributed by atoms with Crippen LogP contribution in [0.3, 0.4) is 0 Å². The van der Waals surface area contributed by atoms with Gasteiger partial charge in [0.25, 0.3) is 0 Å². The van der Waals surface area contributed by atoms with Crippen molar-refractivity contribution in [3.05, 3.63) is 17.5 Å². The molecule has 0 amide bonds. The largest absolute Gasteiger partial charge is 0.313 e. The van der Waals surface area contributed by atoms with Crippen LogP contribution >= 0.6 is 11.8 Å². The van der Waals surface area contributed by atoms with Crippen molar-refractivity contribution in [2.75, 3.05) is 18.6 Å². The Balaban J connectivity index is 2.47. The van der Waals surface area contributed by atoms with Crippen LogP contribution in [0.4, 0.5) is 0 Å². The van der Waals surface area contributed by atoms with Gasteiger partial charge in [-0.05, 0) is 26.1 Å². The Labute approximate surface area is 96.6 Å². The van der Waals surface area contributed by atoms with E-state index >= 15 is 0 Å². The second kappa shape index (κ2) is 6.90. The molecule has 0 bridgehead atoms. The number of hydrogen-bond donors (Lipinski definition) is 1. The van der Waals surface area contributed by atoms with Crippen LogP contribution in [-0.2, 0) is 13.1 Å². The lowest BCUT2D eigenvalue weighted by atomic mass is 10.2. The predicted molar refractivity (Wildman–Crippen MR) is 67.3 cm³/mol. The zero-order valence-electron chi connectivity index (χ0n) is 9.92. The maximum Gasteiger partial charge on any atom is 0.0537 e. The summed E-state index contributed by atoms with van der Waals surface area (Å²) in [5.74, 6) is 1.13. The molecule has 1 heterocycles. The minimum absolute atomic E-state index is 0.943. The van der Waals surface area contributed by atoms with E-state index < -0.39 is 0 Å². The molecule has 0 saturated heterocycles. The zero-order valence-corrected chi connectivity index (χ0v) is 10.7. The van der Waals surface area contributed by atoms with Gasteiger partial charge < -0.3 is 5.32 Å². The van der Waals surface area contributed by atoms with Crippen molar-refractivity contribution in [3.63, 3.8) is 0 Å². The SMILES string of the molecule is CCCNCc1cnn(CCSC)c1C. The summed E-state index contributed by atoms with van der Waals surface area (Å²) in [5.41, 5.74) is 2.62. The van der Waals surface area contributed by atoms with Gasteiger partial charge in [0.2, 0.25) is 0 Å². The smallest absolute Gasteiger partial charge is 0.0537 e. The van der Waals surface area contributed by atoms with Gasteiger partial charge in [-0.25, -0.2) is 0 Å². The second-order valence-electron chi connectivity index (χ2n) is 3.65. The Morgan fingerprint density at radius 2 is 2.33 bits per heavy atom. The van der Waals surface area contributed by atoms with Crippen LogP contribution in [0.25, 0.3) is 0 Å². The molecule has 0 aromatic carbocycles. The molecule has 0 aliphatic heterocycles. The van der Waals surface area contributed by atoms with Crippen molar-refractivity contribution >= 4 is 11.8 Å². The summed E-state index contributed by atoms with van der Waals surface area (Å²) in [6, 6.07) is 0. The first-order chi connectivity index (χ1) is 7.29. The van der Waals surface area contributed by atoms with Crippen LogP contribution in [0.2, 0.25) is 0 Å². The van der Waals surface area contributed by atoms with Crippen LogP contribution in [0.5, 0.6) is 0 Å². The Hall–Kier alpha value is -0.480. The highest BCUT2D eigenvalue weighted by Crippen LogP contribution is 2.07. The van der Waals surface area contributed by atoms with E-state index in [-0.39, 0.29) is 0 Å². The molecule has 3 nitrogen and oxygen atoms in total. The highest BCUT2D eigenvalue weighted by Gasteiger charge is 2.04. The number of hydrogen-bond acceptors (Lipinski definition) is 3. The third-order valence-corrected chi connectivity index (χ3v) is 3.05. The van der Waals surface area contributed by atoms with Gasteiger partial charge in [-0.1, -0.05) is 6.92 Å². The van der Waals surface area contributed by atoms with Crippen molar-refractivity contribution in [2.24, 2.45) is 0 Å². The molecule has 86 valence electrons. The fourth-order valence-electron chi connectivity index (χ4n) is 1.46. The van der Waals surface area contributed by atoms with Crippen LogP contribution in [-0.4, -0.2) is 28.3 Å². The number of nitrogens with one attached hydrogen (secondary N) is 1. The van der Waals surface area contributed by atoms with Crippen molar-refractivity contribution in [1.82, 2.24) is 15.1 Å². The van der Waals surface area contributed by atoms with E-state index in [0.29, 0.717) is 0 Å². The predicted octanol–water partition coefficient (Wildman–Crippen LogP) is 2.05.